The summed E-state index contributed by atoms with van der Waals surface area (Å²) in [7, 11) is 0. The fraction of sp³-hybridized carbons (Fsp3) is 0.300. The van der Waals surface area contributed by atoms with Crippen LogP contribution in [0.4, 0.5) is 8.78 Å². The lowest BCUT2D eigenvalue weighted by Gasteiger charge is -2.11. The number of hydrogen-bond acceptors (Lipinski definition) is 3. The predicted molar refractivity (Wildman–Crippen MR) is 54.0 cm³/mol. The number of carbonyl (C=O) groups excluding carboxylic acids is 1. The van der Waals surface area contributed by atoms with Crippen LogP contribution in [0.15, 0.2) is 18.2 Å². The zero-order chi connectivity index (χ0) is 12.3. The Labute approximate surface area is 95.6 Å². The monoisotopic (exact) mass is 250 g/mol. The minimum absolute atomic E-state index is 0.0484. The van der Waals surface area contributed by atoms with Gasteiger partial charge in [-0.25, -0.2) is 0 Å². The molecule has 0 amide bonds. The van der Waals surface area contributed by atoms with Gasteiger partial charge >= 0.3 is 6.61 Å². The van der Waals surface area contributed by atoms with Crippen molar-refractivity contribution in [2.24, 2.45) is 0 Å². The molecule has 1 rings (SSSR count). The van der Waals surface area contributed by atoms with E-state index in [2.05, 4.69) is 4.74 Å². The summed E-state index contributed by atoms with van der Waals surface area (Å²) in [5, 5.41) is 8.33. The summed E-state index contributed by atoms with van der Waals surface area (Å²) in [6, 6.07) is 3.42. The first-order valence-corrected chi connectivity index (χ1v) is 4.77. The number of rotatable bonds is 4. The Bertz CT molecular complexity index is 396. The average molecular weight is 251 g/mol. The second kappa shape index (κ2) is 5.12. The Morgan fingerprint density at radius 2 is 2.12 bits per heavy atom. The highest BCUT2D eigenvalue weighted by atomic mass is 35.5. The van der Waals surface area contributed by atoms with Crippen molar-refractivity contribution in [1.29, 1.82) is 0 Å². The third-order valence-electron chi connectivity index (χ3n) is 1.85. The number of phenolic OH excluding ortho intramolecular Hbond substituents is 1. The molecule has 1 atom stereocenters. The van der Waals surface area contributed by atoms with E-state index in [0.29, 0.717) is 0 Å². The quantitative estimate of drug-likeness (QED) is 0.836. The Hall–Kier alpha value is -1.36. The second-order valence-corrected chi connectivity index (χ2v) is 3.51. The van der Waals surface area contributed by atoms with Gasteiger partial charge in [0.2, 0.25) is 0 Å². The third-order valence-corrected chi connectivity index (χ3v) is 2.40. The fourth-order valence-corrected chi connectivity index (χ4v) is 1.31. The van der Waals surface area contributed by atoms with Crippen LogP contribution in [0, 0.1) is 0 Å². The van der Waals surface area contributed by atoms with E-state index in [1.165, 1.54) is 6.92 Å². The normalized spacial score (nSPS) is 12.6. The molecule has 0 aliphatic rings. The smallest absolute Gasteiger partial charge is 0.387 e. The van der Waals surface area contributed by atoms with Gasteiger partial charge in [-0.05, 0) is 25.1 Å². The van der Waals surface area contributed by atoms with Crippen molar-refractivity contribution in [3.63, 3.8) is 0 Å². The van der Waals surface area contributed by atoms with Gasteiger partial charge in [0.25, 0.3) is 0 Å². The average Bonchev–Trinajstić information content (AvgIpc) is 2.19. The number of Topliss-reactive ketones (excluding diaryl/α,β-unsaturated/α-hetero) is 1. The lowest BCUT2D eigenvalue weighted by molar-refractivity contribution is -0.116. The highest BCUT2D eigenvalue weighted by Crippen LogP contribution is 2.33. The van der Waals surface area contributed by atoms with Crippen molar-refractivity contribution < 1.29 is 23.4 Å². The van der Waals surface area contributed by atoms with Gasteiger partial charge in [-0.1, -0.05) is 0 Å². The summed E-state index contributed by atoms with van der Waals surface area (Å²) in [4.78, 5) is 11.0. The number of phenols is 1. The Morgan fingerprint density at radius 3 is 2.62 bits per heavy atom. The molecular formula is C10H9ClF2O3. The molecule has 0 aromatic heterocycles. The van der Waals surface area contributed by atoms with E-state index in [-0.39, 0.29) is 17.1 Å². The van der Waals surface area contributed by atoms with Gasteiger partial charge in [-0.15, -0.1) is 11.6 Å². The Kier molecular flexibility index (Phi) is 4.06. The summed E-state index contributed by atoms with van der Waals surface area (Å²) in [6.45, 7) is -1.74. The highest BCUT2D eigenvalue weighted by molar-refractivity contribution is 6.31. The van der Waals surface area contributed by atoms with E-state index in [9.17, 15) is 18.7 Å². The van der Waals surface area contributed by atoms with Crippen LogP contribution in [0.25, 0.3) is 0 Å². The van der Waals surface area contributed by atoms with Gasteiger partial charge in [0.05, 0.1) is 0 Å². The van der Waals surface area contributed by atoms with Gasteiger partial charge in [0.15, 0.2) is 5.78 Å². The molecule has 1 N–H and O–H groups in total. The van der Waals surface area contributed by atoms with Crippen LogP contribution in [-0.2, 0) is 4.79 Å². The first-order valence-electron chi connectivity index (χ1n) is 4.34. The van der Waals surface area contributed by atoms with E-state index >= 15 is 0 Å². The van der Waals surface area contributed by atoms with E-state index in [0.717, 1.165) is 18.2 Å². The zero-order valence-electron chi connectivity index (χ0n) is 8.28. The van der Waals surface area contributed by atoms with Gasteiger partial charge in [0.1, 0.15) is 16.9 Å². The van der Waals surface area contributed by atoms with E-state index in [1.807, 2.05) is 0 Å². The maximum absolute atomic E-state index is 11.9. The molecule has 0 fully saturated rings. The van der Waals surface area contributed by atoms with Crippen LogP contribution < -0.4 is 4.74 Å². The summed E-state index contributed by atoms with van der Waals surface area (Å²) >= 11 is 5.70. The molecule has 1 aromatic carbocycles. The van der Waals surface area contributed by atoms with Crippen LogP contribution in [-0.4, -0.2) is 17.5 Å². The first kappa shape index (κ1) is 12.7. The molecule has 0 saturated carbocycles. The largest absolute Gasteiger partial charge is 0.508 e. The maximum atomic E-state index is 11.9. The lowest BCUT2D eigenvalue weighted by atomic mass is 10.1. The molecule has 3 nitrogen and oxygen atoms in total. The molecule has 6 heteroatoms. The summed E-state index contributed by atoms with van der Waals surface area (Å²) in [6.07, 6.45) is 0. The van der Waals surface area contributed by atoms with Crippen LogP contribution in [0.3, 0.4) is 0 Å². The topological polar surface area (TPSA) is 46.5 Å². The second-order valence-electron chi connectivity index (χ2n) is 3.07. The standard InChI is InChI=1S/C10H9ClF2O3/c1-5(14)9(11)7-4-6(16-10(12)13)2-3-8(7)15/h2-4,9-10,15H,1H3. The zero-order valence-corrected chi connectivity index (χ0v) is 9.04. The van der Waals surface area contributed by atoms with Crippen molar-refractivity contribution in [2.45, 2.75) is 18.9 Å². The van der Waals surface area contributed by atoms with E-state index < -0.39 is 17.8 Å². The van der Waals surface area contributed by atoms with Crippen molar-refractivity contribution >= 4 is 17.4 Å². The number of hydrogen-bond donors (Lipinski definition) is 1. The molecule has 0 aliphatic carbocycles. The van der Waals surface area contributed by atoms with E-state index in [4.69, 9.17) is 11.6 Å². The molecule has 0 heterocycles. The van der Waals surface area contributed by atoms with Crippen LogP contribution in [0.5, 0.6) is 11.5 Å². The van der Waals surface area contributed by atoms with Gasteiger partial charge < -0.3 is 9.84 Å². The van der Waals surface area contributed by atoms with Crippen molar-refractivity contribution in [1.82, 2.24) is 0 Å². The molecular weight excluding hydrogens is 242 g/mol. The summed E-state index contributed by atoms with van der Waals surface area (Å²) in [5.74, 6) is -0.794. The molecule has 0 aliphatic heterocycles. The summed E-state index contributed by atoms with van der Waals surface area (Å²) in [5.41, 5.74) is 0.0484. The predicted octanol–water partition coefficient (Wildman–Crippen LogP) is 2.86. The van der Waals surface area contributed by atoms with Crippen LogP contribution >= 0.6 is 11.6 Å². The number of carbonyl (C=O) groups is 1. The van der Waals surface area contributed by atoms with Crippen molar-refractivity contribution in [2.75, 3.05) is 0 Å². The molecule has 0 radical (unpaired) electrons. The van der Waals surface area contributed by atoms with Gasteiger partial charge in [-0.3, -0.25) is 4.79 Å². The molecule has 88 valence electrons. The lowest BCUT2D eigenvalue weighted by Crippen LogP contribution is -2.05. The highest BCUT2D eigenvalue weighted by Gasteiger charge is 2.18. The van der Waals surface area contributed by atoms with E-state index in [1.54, 1.807) is 0 Å². The number of aromatic hydroxyl groups is 1. The maximum Gasteiger partial charge on any atom is 0.387 e. The molecule has 0 spiro atoms. The van der Waals surface area contributed by atoms with Crippen LogP contribution in [0.1, 0.15) is 17.9 Å². The number of benzene rings is 1. The molecule has 1 unspecified atom stereocenters. The molecule has 16 heavy (non-hydrogen) atoms. The van der Waals surface area contributed by atoms with Crippen molar-refractivity contribution in [3.8, 4) is 11.5 Å². The van der Waals surface area contributed by atoms with Crippen molar-refractivity contribution in [3.05, 3.63) is 23.8 Å². The molecule has 0 saturated heterocycles. The number of alkyl halides is 3. The van der Waals surface area contributed by atoms with Gasteiger partial charge in [0, 0.05) is 5.56 Å². The number of ether oxygens (including phenoxy) is 1. The minimum atomic E-state index is -2.97. The van der Waals surface area contributed by atoms with Gasteiger partial charge in [-0.2, -0.15) is 8.78 Å². The SMILES string of the molecule is CC(=O)C(Cl)c1cc(OC(F)F)ccc1O. The fourth-order valence-electron chi connectivity index (χ4n) is 1.13. The molecule has 0 bridgehead atoms. The molecule has 1 aromatic rings. The Balaban J connectivity index is 3.03. The minimum Gasteiger partial charge on any atom is -0.508 e. The number of ketones is 1. The third kappa shape index (κ3) is 3.06. The number of halogens is 3. The first-order chi connectivity index (χ1) is 7.41. The van der Waals surface area contributed by atoms with Crippen LogP contribution in [0.2, 0.25) is 0 Å². The summed E-state index contributed by atoms with van der Waals surface area (Å²) < 4.78 is 28.0. The Morgan fingerprint density at radius 1 is 1.50 bits per heavy atom.